The third-order valence-electron chi connectivity index (χ3n) is 2.08. The number of halogens is 1. The molecule has 0 saturated carbocycles. The number of aromatic nitrogens is 1. The number of nitrogens with zero attached hydrogens (tertiary/aromatic N) is 1. The van der Waals surface area contributed by atoms with E-state index >= 15 is 0 Å². The number of sulfonamides is 1. The Morgan fingerprint density at radius 1 is 1.00 bits per heavy atom. The Balaban J connectivity index is 2.11. The van der Waals surface area contributed by atoms with Gasteiger partial charge < -0.3 is 0 Å². The summed E-state index contributed by atoms with van der Waals surface area (Å²) in [4.78, 5) is 5.68. The molecule has 94 valence electrons. The minimum Gasteiger partial charge on any atom is -0.292 e. The van der Waals surface area contributed by atoms with Crippen molar-refractivity contribution >= 4 is 15.8 Å². The predicted octanol–water partition coefficient (Wildman–Crippen LogP) is 1.53. The maximum atomic E-state index is 12.8. The average Bonchev–Trinajstić information content (AvgIpc) is 2.38. The van der Waals surface area contributed by atoms with E-state index in [1.54, 1.807) is 18.2 Å². The lowest BCUT2D eigenvalue weighted by molar-refractivity contribution is 0.580. The predicted molar refractivity (Wildman–Crippen MR) is 64.6 cm³/mol. The topological polar surface area (TPSA) is 71.1 Å². The van der Waals surface area contributed by atoms with Crippen LogP contribution in [0.5, 0.6) is 0 Å². The van der Waals surface area contributed by atoms with Crippen LogP contribution in [0.2, 0.25) is 0 Å². The molecule has 1 heterocycles. The second kappa shape index (κ2) is 5.11. The highest BCUT2D eigenvalue weighted by Crippen LogP contribution is 2.08. The highest BCUT2D eigenvalue weighted by molar-refractivity contribution is 7.89. The van der Waals surface area contributed by atoms with Crippen molar-refractivity contribution in [3.63, 3.8) is 0 Å². The highest BCUT2D eigenvalue weighted by Gasteiger charge is 2.12. The largest absolute Gasteiger partial charge is 0.292 e. The van der Waals surface area contributed by atoms with Crippen molar-refractivity contribution in [3.8, 4) is 0 Å². The van der Waals surface area contributed by atoms with Crippen molar-refractivity contribution in [1.82, 2.24) is 9.82 Å². The molecule has 0 radical (unpaired) electrons. The van der Waals surface area contributed by atoms with Crippen molar-refractivity contribution in [1.29, 1.82) is 0 Å². The summed E-state index contributed by atoms with van der Waals surface area (Å²) in [5.74, 6) is -0.617. The van der Waals surface area contributed by atoms with Crippen LogP contribution < -0.4 is 10.3 Å². The zero-order chi connectivity index (χ0) is 13.0. The second-order valence-electron chi connectivity index (χ2n) is 3.39. The molecule has 7 heteroatoms. The summed E-state index contributed by atoms with van der Waals surface area (Å²) in [6, 6.07) is 11.8. The molecule has 2 rings (SSSR count). The Bertz CT molecular complexity index is 632. The van der Waals surface area contributed by atoms with Crippen molar-refractivity contribution in [2.24, 2.45) is 0 Å². The molecule has 18 heavy (non-hydrogen) atoms. The first kappa shape index (κ1) is 12.5. The van der Waals surface area contributed by atoms with Gasteiger partial charge >= 0.3 is 0 Å². The lowest BCUT2D eigenvalue weighted by Crippen LogP contribution is -2.30. The van der Waals surface area contributed by atoms with Gasteiger partial charge in [-0.2, -0.15) is 4.39 Å². The molecule has 5 nitrogen and oxygen atoms in total. The van der Waals surface area contributed by atoms with E-state index in [0.29, 0.717) is 0 Å². The number of hydrogen-bond acceptors (Lipinski definition) is 4. The first-order valence-corrected chi connectivity index (χ1v) is 6.52. The van der Waals surface area contributed by atoms with Crippen LogP contribution in [0.4, 0.5) is 10.2 Å². The van der Waals surface area contributed by atoms with Gasteiger partial charge in [-0.25, -0.2) is 13.4 Å². The SMILES string of the molecule is O=S(=O)(NNc1cccc(F)n1)c1ccccc1. The Labute approximate surface area is 104 Å². The van der Waals surface area contributed by atoms with E-state index in [0.717, 1.165) is 6.07 Å². The van der Waals surface area contributed by atoms with Crippen LogP contribution >= 0.6 is 0 Å². The molecule has 0 amide bonds. The molecule has 1 aromatic carbocycles. The van der Waals surface area contributed by atoms with Crippen molar-refractivity contribution in [2.75, 3.05) is 5.43 Å². The smallest absolute Gasteiger partial charge is 0.257 e. The van der Waals surface area contributed by atoms with Gasteiger partial charge in [0.15, 0.2) is 0 Å². The van der Waals surface area contributed by atoms with E-state index < -0.39 is 16.0 Å². The first-order valence-electron chi connectivity index (χ1n) is 5.03. The molecule has 0 bridgehead atoms. The summed E-state index contributed by atoms with van der Waals surface area (Å²) >= 11 is 0. The molecule has 0 spiro atoms. The number of pyridine rings is 1. The first-order chi connectivity index (χ1) is 8.58. The van der Waals surface area contributed by atoms with E-state index in [1.165, 1.54) is 24.3 Å². The summed E-state index contributed by atoms with van der Waals surface area (Å²) in [6.07, 6.45) is 0. The van der Waals surface area contributed by atoms with Crippen molar-refractivity contribution in [3.05, 3.63) is 54.5 Å². The molecule has 0 aliphatic rings. The molecular formula is C11H10FN3O2S. The Morgan fingerprint density at radius 2 is 1.72 bits per heavy atom. The summed E-state index contributed by atoms with van der Waals surface area (Å²) in [5.41, 5.74) is 2.34. The molecule has 2 N–H and O–H groups in total. The van der Waals surface area contributed by atoms with E-state index in [-0.39, 0.29) is 10.7 Å². The summed E-state index contributed by atoms with van der Waals surface area (Å²) in [6.45, 7) is 0. The lowest BCUT2D eigenvalue weighted by Gasteiger charge is -2.08. The molecule has 1 aromatic heterocycles. The van der Waals surface area contributed by atoms with Crippen LogP contribution in [0.3, 0.4) is 0 Å². The Hall–Kier alpha value is -1.99. The van der Waals surface area contributed by atoms with Gasteiger partial charge in [0, 0.05) is 0 Å². The molecule has 0 aliphatic carbocycles. The summed E-state index contributed by atoms with van der Waals surface area (Å²) < 4.78 is 36.4. The maximum absolute atomic E-state index is 12.8. The monoisotopic (exact) mass is 267 g/mol. The zero-order valence-electron chi connectivity index (χ0n) is 9.17. The summed E-state index contributed by atoms with van der Waals surface area (Å²) in [5, 5.41) is 0. The molecule has 0 aliphatic heterocycles. The molecule has 0 fully saturated rings. The Morgan fingerprint density at radius 3 is 2.39 bits per heavy atom. The maximum Gasteiger partial charge on any atom is 0.257 e. The molecule has 2 aromatic rings. The fourth-order valence-corrected chi connectivity index (χ4v) is 2.13. The van der Waals surface area contributed by atoms with Gasteiger partial charge in [0.25, 0.3) is 10.0 Å². The highest BCUT2D eigenvalue weighted by atomic mass is 32.2. The van der Waals surface area contributed by atoms with Gasteiger partial charge in [-0.05, 0) is 24.3 Å². The van der Waals surface area contributed by atoms with Crippen LogP contribution in [0.1, 0.15) is 0 Å². The number of anilines is 1. The van der Waals surface area contributed by atoms with Gasteiger partial charge in [0.2, 0.25) is 5.95 Å². The molecule has 0 saturated heterocycles. The lowest BCUT2D eigenvalue weighted by atomic mass is 10.4. The fourth-order valence-electron chi connectivity index (χ4n) is 1.26. The second-order valence-corrected chi connectivity index (χ2v) is 5.07. The van der Waals surface area contributed by atoms with Crippen LogP contribution in [0.15, 0.2) is 53.4 Å². The van der Waals surface area contributed by atoms with E-state index in [2.05, 4.69) is 15.2 Å². The standard InChI is InChI=1S/C11H10FN3O2S/c12-10-7-4-8-11(13-10)14-15-18(16,17)9-5-2-1-3-6-9/h1-8,15H,(H,13,14). The van der Waals surface area contributed by atoms with E-state index in [1.807, 2.05) is 0 Å². The summed E-state index contributed by atoms with van der Waals surface area (Å²) in [7, 11) is -3.69. The number of hydrogen-bond donors (Lipinski definition) is 2. The van der Waals surface area contributed by atoms with Gasteiger partial charge in [-0.15, -0.1) is 4.83 Å². The van der Waals surface area contributed by atoms with Gasteiger partial charge in [-0.1, -0.05) is 24.3 Å². The van der Waals surface area contributed by atoms with Crippen molar-refractivity contribution in [2.45, 2.75) is 4.90 Å². The fraction of sp³-hybridized carbons (Fsp3) is 0. The van der Waals surface area contributed by atoms with Crippen LogP contribution in [-0.4, -0.2) is 13.4 Å². The van der Waals surface area contributed by atoms with Crippen LogP contribution in [0, 0.1) is 5.95 Å². The number of nitrogens with one attached hydrogen (secondary N) is 2. The van der Waals surface area contributed by atoms with Crippen LogP contribution in [-0.2, 0) is 10.0 Å². The normalized spacial score (nSPS) is 11.2. The average molecular weight is 267 g/mol. The minimum atomic E-state index is -3.69. The van der Waals surface area contributed by atoms with Gasteiger partial charge in [-0.3, -0.25) is 5.43 Å². The van der Waals surface area contributed by atoms with Gasteiger partial charge in [0.1, 0.15) is 5.82 Å². The molecule has 0 atom stereocenters. The van der Waals surface area contributed by atoms with Gasteiger partial charge in [0.05, 0.1) is 4.90 Å². The van der Waals surface area contributed by atoms with E-state index in [4.69, 9.17) is 0 Å². The third-order valence-corrected chi connectivity index (χ3v) is 3.35. The number of hydrazine groups is 1. The minimum absolute atomic E-state index is 0.0782. The number of rotatable bonds is 4. The Kier molecular flexibility index (Phi) is 3.54. The van der Waals surface area contributed by atoms with Crippen molar-refractivity contribution < 1.29 is 12.8 Å². The van der Waals surface area contributed by atoms with E-state index in [9.17, 15) is 12.8 Å². The number of benzene rings is 1. The third kappa shape index (κ3) is 3.02. The van der Waals surface area contributed by atoms with Crippen LogP contribution in [0.25, 0.3) is 0 Å². The molecular weight excluding hydrogens is 257 g/mol. The zero-order valence-corrected chi connectivity index (χ0v) is 9.99. The quantitative estimate of drug-likeness (QED) is 0.651. The molecule has 0 unspecified atom stereocenters.